The fourth-order valence-electron chi connectivity index (χ4n) is 2.91. The summed E-state index contributed by atoms with van der Waals surface area (Å²) in [5.74, 6) is 0. The first-order valence-corrected chi connectivity index (χ1v) is 7.21. The Hall–Kier alpha value is -2.07. The van der Waals surface area contributed by atoms with E-state index >= 15 is 0 Å². The second-order valence-electron chi connectivity index (χ2n) is 5.96. The Bertz CT molecular complexity index is 758. The quantitative estimate of drug-likeness (QED) is 0.889. The predicted molar refractivity (Wildman–Crippen MR) is 84.0 cm³/mol. The van der Waals surface area contributed by atoms with Crippen molar-refractivity contribution in [3.63, 3.8) is 0 Å². The fourth-order valence-corrected chi connectivity index (χ4v) is 2.91. The van der Waals surface area contributed by atoms with Crippen molar-refractivity contribution >= 4 is 5.69 Å². The molecular weight excluding hydrogens is 264 g/mol. The molecule has 0 bridgehead atoms. The normalized spacial score (nSPS) is 16.5. The number of hydrogen-bond donors (Lipinski definition) is 2. The molecule has 3 rings (SSSR count). The van der Waals surface area contributed by atoms with Gasteiger partial charge in [0.05, 0.1) is 5.60 Å². The maximum Gasteiger partial charge on any atom is 0.273 e. The van der Waals surface area contributed by atoms with Crippen LogP contribution in [0.15, 0.2) is 35.3 Å². The summed E-state index contributed by atoms with van der Waals surface area (Å²) in [5, 5.41) is 10.5. The summed E-state index contributed by atoms with van der Waals surface area (Å²) in [4.78, 5) is 11.9. The van der Waals surface area contributed by atoms with Crippen molar-refractivity contribution in [2.24, 2.45) is 7.05 Å². The Morgan fingerprint density at radius 2 is 2.05 bits per heavy atom. The highest BCUT2D eigenvalue weighted by Crippen LogP contribution is 2.42. The van der Waals surface area contributed by atoms with Crippen molar-refractivity contribution in [1.29, 1.82) is 0 Å². The zero-order valence-electron chi connectivity index (χ0n) is 12.4. The minimum Gasteiger partial charge on any atom is -0.394 e. The van der Waals surface area contributed by atoms with E-state index in [1.807, 2.05) is 31.2 Å². The summed E-state index contributed by atoms with van der Waals surface area (Å²) in [7, 11) is 1.70. The average molecular weight is 284 g/mol. The highest BCUT2D eigenvalue weighted by molar-refractivity contribution is 5.72. The molecule has 3 N–H and O–H groups in total. The summed E-state index contributed by atoms with van der Waals surface area (Å²) in [6, 6.07) is 7.90. The number of rotatable bonds is 2. The lowest BCUT2D eigenvalue weighted by molar-refractivity contribution is -0.0387. The molecule has 1 aliphatic carbocycles. The number of anilines is 1. The van der Waals surface area contributed by atoms with Crippen molar-refractivity contribution < 1.29 is 5.11 Å². The van der Waals surface area contributed by atoms with Crippen LogP contribution in [-0.4, -0.2) is 9.67 Å². The molecule has 2 aromatic rings. The minimum atomic E-state index is -0.684. The van der Waals surface area contributed by atoms with E-state index in [2.05, 4.69) is 0 Å². The summed E-state index contributed by atoms with van der Waals surface area (Å²) in [6.07, 6.45) is 4.49. The Balaban J connectivity index is 2.14. The molecule has 1 aliphatic rings. The van der Waals surface area contributed by atoms with E-state index in [4.69, 9.17) is 5.73 Å². The van der Waals surface area contributed by atoms with Gasteiger partial charge in [-0.2, -0.15) is 0 Å². The van der Waals surface area contributed by atoms with E-state index in [9.17, 15) is 9.90 Å². The highest BCUT2D eigenvalue weighted by Gasteiger charge is 2.36. The third-order valence-corrected chi connectivity index (χ3v) is 4.57. The number of pyridine rings is 1. The number of aliphatic hydroxyl groups is 1. The Morgan fingerprint density at radius 1 is 1.33 bits per heavy atom. The lowest BCUT2D eigenvalue weighted by Gasteiger charge is -2.37. The maximum atomic E-state index is 11.9. The number of nitrogens with zero attached hydrogens (tertiary/aromatic N) is 1. The largest absolute Gasteiger partial charge is 0.394 e. The molecule has 0 radical (unpaired) electrons. The van der Waals surface area contributed by atoms with Crippen LogP contribution in [0.5, 0.6) is 0 Å². The molecule has 1 aromatic carbocycles. The van der Waals surface area contributed by atoms with Gasteiger partial charge >= 0.3 is 0 Å². The standard InChI is InChI=1S/C17H20N2O2/c1-11-14(10-19(2)16(20)15(11)18)12-5-3-6-13(9-12)17(21)7-4-8-17/h3,5-6,9-10,21H,4,7-8,18H2,1-2H3. The Morgan fingerprint density at radius 3 is 2.67 bits per heavy atom. The lowest BCUT2D eigenvalue weighted by Crippen LogP contribution is -2.33. The van der Waals surface area contributed by atoms with Crippen molar-refractivity contribution in [2.45, 2.75) is 31.8 Å². The highest BCUT2D eigenvalue weighted by atomic mass is 16.3. The summed E-state index contributed by atoms with van der Waals surface area (Å²) < 4.78 is 1.50. The molecule has 21 heavy (non-hydrogen) atoms. The molecule has 1 saturated carbocycles. The Kier molecular flexibility index (Phi) is 3.14. The fraction of sp³-hybridized carbons (Fsp3) is 0.353. The number of hydrogen-bond acceptors (Lipinski definition) is 3. The van der Waals surface area contributed by atoms with Crippen LogP contribution in [0.3, 0.4) is 0 Å². The van der Waals surface area contributed by atoms with Crippen molar-refractivity contribution in [1.82, 2.24) is 4.57 Å². The van der Waals surface area contributed by atoms with Crippen molar-refractivity contribution in [2.75, 3.05) is 5.73 Å². The van der Waals surface area contributed by atoms with E-state index in [0.717, 1.165) is 41.5 Å². The van der Waals surface area contributed by atoms with Crippen LogP contribution in [0.25, 0.3) is 11.1 Å². The zero-order valence-corrected chi connectivity index (χ0v) is 12.4. The predicted octanol–water partition coefficient (Wildman–Crippen LogP) is 2.31. The zero-order chi connectivity index (χ0) is 15.2. The molecule has 0 saturated heterocycles. The van der Waals surface area contributed by atoms with Gasteiger partial charge in [-0.3, -0.25) is 4.79 Å². The number of aryl methyl sites for hydroxylation is 1. The number of benzene rings is 1. The van der Waals surface area contributed by atoms with Crippen LogP contribution in [0, 0.1) is 6.92 Å². The number of nitrogen functional groups attached to an aromatic ring is 1. The van der Waals surface area contributed by atoms with Crippen LogP contribution in [0.2, 0.25) is 0 Å². The van der Waals surface area contributed by atoms with Crippen molar-refractivity contribution in [3.05, 3.63) is 51.9 Å². The van der Waals surface area contributed by atoms with Gasteiger partial charge in [0, 0.05) is 18.8 Å². The summed E-state index contributed by atoms with van der Waals surface area (Å²) in [5.41, 5.74) is 8.96. The molecule has 1 aromatic heterocycles. The molecule has 1 fully saturated rings. The topological polar surface area (TPSA) is 68.2 Å². The van der Waals surface area contributed by atoms with Gasteiger partial charge in [-0.1, -0.05) is 18.2 Å². The van der Waals surface area contributed by atoms with Crippen LogP contribution in [-0.2, 0) is 12.6 Å². The molecule has 4 heteroatoms. The van der Waals surface area contributed by atoms with Gasteiger partial charge in [-0.05, 0) is 48.9 Å². The molecular formula is C17H20N2O2. The van der Waals surface area contributed by atoms with E-state index in [-0.39, 0.29) is 11.2 Å². The van der Waals surface area contributed by atoms with Gasteiger partial charge < -0.3 is 15.4 Å². The minimum absolute atomic E-state index is 0.176. The van der Waals surface area contributed by atoms with E-state index in [0.29, 0.717) is 0 Å². The van der Waals surface area contributed by atoms with E-state index in [1.54, 1.807) is 13.2 Å². The smallest absolute Gasteiger partial charge is 0.273 e. The molecule has 0 amide bonds. The molecule has 4 nitrogen and oxygen atoms in total. The summed E-state index contributed by atoms with van der Waals surface area (Å²) >= 11 is 0. The van der Waals surface area contributed by atoms with Gasteiger partial charge in [0.15, 0.2) is 0 Å². The molecule has 0 unspecified atom stereocenters. The van der Waals surface area contributed by atoms with Crippen LogP contribution in [0.4, 0.5) is 5.69 Å². The van der Waals surface area contributed by atoms with Crippen LogP contribution in [0.1, 0.15) is 30.4 Å². The van der Waals surface area contributed by atoms with E-state index < -0.39 is 5.60 Å². The third-order valence-electron chi connectivity index (χ3n) is 4.57. The molecule has 0 atom stereocenters. The Labute approximate surface area is 123 Å². The first-order valence-electron chi connectivity index (χ1n) is 7.21. The monoisotopic (exact) mass is 284 g/mol. The number of nitrogens with two attached hydrogens (primary N) is 1. The van der Waals surface area contributed by atoms with Gasteiger partial charge in [0.2, 0.25) is 0 Å². The van der Waals surface area contributed by atoms with Crippen molar-refractivity contribution in [3.8, 4) is 11.1 Å². The van der Waals surface area contributed by atoms with Gasteiger partial charge in [0.1, 0.15) is 5.69 Å². The van der Waals surface area contributed by atoms with Crippen LogP contribution < -0.4 is 11.3 Å². The van der Waals surface area contributed by atoms with Gasteiger partial charge in [0.25, 0.3) is 5.56 Å². The second-order valence-corrected chi connectivity index (χ2v) is 5.96. The average Bonchev–Trinajstić information content (AvgIpc) is 2.46. The van der Waals surface area contributed by atoms with Gasteiger partial charge in [-0.15, -0.1) is 0 Å². The van der Waals surface area contributed by atoms with Gasteiger partial charge in [-0.25, -0.2) is 0 Å². The molecule has 110 valence electrons. The molecule has 1 heterocycles. The molecule has 0 aliphatic heterocycles. The lowest BCUT2D eigenvalue weighted by atomic mass is 9.74. The first-order chi connectivity index (χ1) is 9.92. The first kappa shape index (κ1) is 13.9. The number of aromatic nitrogens is 1. The maximum absolute atomic E-state index is 11.9. The van der Waals surface area contributed by atoms with Crippen LogP contribution >= 0.6 is 0 Å². The van der Waals surface area contributed by atoms with E-state index in [1.165, 1.54) is 4.57 Å². The molecule has 0 spiro atoms. The SMILES string of the molecule is Cc1c(-c2cccc(C3(O)CCC3)c2)cn(C)c(=O)c1N. The second kappa shape index (κ2) is 4.74. The summed E-state index contributed by atoms with van der Waals surface area (Å²) in [6.45, 7) is 1.86. The third kappa shape index (κ3) is 2.16.